The van der Waals surface area contributed by atoms with E-state index < -0.39 is 10.8 Å². The zero-order valence-corrected chi connectivity index (χ0v) is 13.8. The number of halogens is 1. The predicted molar refractivity (Wildman–Crippen MR) is 93.2 cm³/mol. The first-order valence-electron chi connectivity index (χ1n) is 6.68. The van der Waals surface area contributed by atoms with Crippen molar-refractivity contribution >= 4 is 38.9 Å². The Bertz CT molecular complexity index is 841. The molecular weight excluding hydrogens is 376 g/mol. The van der Waals surface area contributed by atoms with E-state index in [9.17, 15) is 14.9 Å². The maximum Gasteiger partial charge on any atom is 0.292 e. The molecule has 0 aromatic heterocycles. The highest BCUT2D eigenvalue weighted by Crippen LogP contribution is 2.23. The normalized spacial score (nSPS) is 10.6. The number of benzene rings is 2. The molecule has 7 nitrogen and oxygen atoms in total. The van der Waals surface area contributed by atoms with Gasteiger partial charge in [-0.05, 0) is 30.3 Å². The summed E-state index contributed by atoms with van der Waals surface area (Å²) in [5.74, 6) is -0.739. The number of para-hydroxylation sites is 2. The smallest absolute Gasteiger partial charge is 0.292 e. The predicted octanol–water partition coefficient (Wildman–Crippen LogP) is 3.82. The van der Waals surface area contributed by atoms with Crippen molar-refractivity contribution in [2.45, 2.75) is 0 Å². The third kappa shape index (κ3) is 4.41. The number of nitriles is 1. The van der Waals surface area contributed by atoms with Crippen LogP contribution < -0.4 is 10.6 Å². The third-order valence-electron chi connectivity index (χ3n) is 2.94. The lowest BCUT2D eigenvalue weighted by Crippen LogP contribution is -2.15. The highest BCUT2D eigenvalue weighted by molar-refractivity contribution is 9.10. The van der Waals surface area contributed by atoms with Crippen LogP contribution in [0.2, 0.25) is 0 Å². The van der Waals surface area contributed by atoms with Crippen LogP contribution in [0, 0.1) is 21.4 Å². The third-order valence-corrected chi connectivity index (χ3v) is 3.47. The van der Waals surface area contributed by atoms with Crippen LogP contribution in [0.15, 0.2) is 64.8 Å². The molecule has 0 atom stereocenters. The zero-order chi connectivity index (χ0) is 17.5. The number of hydrogen-bond donors (Lipinski definition) is 2. The minimum absolute atomic E-state index is 0.0253. The van der Waals surface area contributed by atoms with E-state index in [2.05, 4.69) is 26.6 Å². The molecule has 2 N–H and O–H groups in total. The van der Waals surface area contributed by atoms with E-state index in [0.29, 0.717) is 5.69 Å². The van der Waals surface area contributed by atoms with E-state index in [1.165, 1.54) is 24.4 Å². The van der Waals surface area contributed by atoms with E-state index in [1.807, 2.05) is 0 Å². The lowest BCUT2D eigenvalue weighted by Gasteiger charge is -2.06. The number of carbonyl (C=O) groups is 1. The molecule has 0 bridgehead atoms. The van der Waals surface area contributed by atoms with Crippen molar-refractivity contribution in [1.82, 2.24) is 0 Å². The average Bonchev–Trinajstić information content (AvgIpc) is 2.57. The van der Waals surface area contributed by atoms with Crippen molar-refractivity contribution < 1.29 is 9.72 Å². The topological polar surface area (TPSA) is 108 Å². The average molecular weight is 387 g/mol. The largest absolute Gasteiger partial charge is 0.360 e. The number of amides is 1. The van der Waals surface area contributed by atoms with Gasteiger partial charge in [-0.3, -0.25) is 14.9 Å². The van der Waals surface area contributed by atoms with Gasteiger partial charge in [-0.25, -0.2) is 0 Å². The number of nitro benzene ring substituents is 1. The first kappa shape index (κ1) is 17.2. The van der Waals surface area contributed by atoms with Crippen LogP contribution in [0.1, 0.15) is 0 Å². The highest BCUT2D eigenvalue weighted by atomic mass is 79.9. The molecule has 2 aromatic rings. The number of rotatable bonds is 5. The second kappa shape index (κ2) is 7.89. The maximum atomic E-state index is 12.1. The van der Waals surface area contributed by atoms with Crippen LogP contribution in [0.3, 0.4) is 0 Å². The molecule has 0 heterocycles. The number of hydrogen-bond acceptors (Lipinski definition) is 5. The fourth-order valence-electron chi connectivity index (χ4n) is 1.78. The fourth-order valence-corrected chi connectivity index (χ4v) is 2.04. The number of nitrogens with one attached hydrogen (secondary N) is 2. The summed E-state index contributed by atoms with van der Waals surface area (Å²) >= 11 is 3.30. The van der Waals surface area contributed by atoms with Crippen molar-refractivity contribution in [3.05, 3.63) is 74.9 Å². The number of nitro groups is 1. The Kier molecular flexibility index (Phi) is 5.65. The second-order valence-corrected chi connectivity index (χ2v) is 5.47. The van der Waals surface area contributed by atoms with Crippen LogP contribution in [0.5, 0.6) is 0 Å². The molecule has 0 saturated carbocycles. The van der Waals surface area contributed by atoms with Gasteiger partial charge < -0.3 is 10.6 Å². The molecule has 2 aromatic carbocycles. The first-order valence-corrected chi connectivity index (χ1v) is 7.47. The summed E-state index contributed by atoms with van der Waals surface area (Å²) in [7, 11) is 0. The number of anilines is 2. The Hall–Kier alpha value is -3.18. The second-order valence-electron chi connectivity index (χ2n) is 4.55. The molecule has 0 aliphatic rings. The molecule has 0 saturated heterocycles. The van der Waals surface area contributed by atoms with Gasteiger partial charge in [-0.2, -0.15) is 5.26 Å². The summed E-state index contributed by atoms with van der Waals surface area (Å²) in [6, 6.07) is 14.6. The van der Waals surface area contributed by atoms with Crippen molar-refractivity contribution in [3.63, 3.8) is 0 Å². The quantitative estimate of drug-likeness (QED) is 0.351. The zero-order valence-electron chi connectivity index (χ0n) is 12.2. The van der Waals surface area contributed by atoms with Gasteiger partial charge in [0.25, 0.3) is 11.6 Å². The van der Waals surface area contributed by atoms with Crippen molar-refractivity contribution in [1.29, 1.82) is 5.26 Å². The van der Waals surface area contributed by atoms with E-state index in [1.54, 1.807) is 36.4 Å². The molecule has 8 heteroatoms. The van der Waals surface area contributed by atoms with E-state index in [-0.39, 0.29) is 16.9 Å². The van der Waals surface area contributed by atoms with Crippen LogP contribution in [0.4, 0.5) is 17.1 Å². The van der Waals surface area contributed by atoms with Gasteiger partial charge in [0, 0.05) is 22.4 Å². The Morgan fingerprint density at radius 1 is 1.21 bits per heavy atom. The highest BCUT2D eigenvalue weighted by Gasteiger charge is 2.17. The maximum absolute atomic E-state index is 12.1. The Morgan fingerprint density at radius 3 is 2.50 bits per heavy atom. The van der Waals surface area contributed by atoms with Crippen LogP contribution in [0.25, 0.3) is 0 Å². The molecule has 0 unspecified atom stereocenters. The van der Waals surface area contributed by atoms with Crippen molar-refractivity contribution in [3.8, 4) is 6.07 Å². The molecule has 0 radical (unpaired) electrons. The molecule has 0 spiro atoms. The monoisotopic (exact) mass is 386 g/mol. The molecule has 120 valence electrons. The van der Waals surface area contributed by atoms with Crippen LogP contribution in [-0.2, 0) is 4.79 Å². The van der Waals surface area contributed by atoms with Crippen molar-refractivity contribution in [2.75, 3.05) is 10.6 Å². The summed E-state index contributed by atoms with van der Waals surface area (Å²) in [6.07, 6.45) is 1.24. The van der Waals surface area contributed by atoms with Gasteiger partial charge in [0.1, 0.15) is 17.3 Å². The van der Waals surface area contributed by atoms with Gasteiger partial charge in [0.2, 0.25) is 0 Å². The summed E-state index contributed by atoms with van der Waals surface area (Å²) < 4.78 is 0.895. The lowest BCUT2D eigenvalue weighted by molar-refractivity contribution is -0.383. The first-order chi connectivity index (χ1) is 11.5. The fraction of sp³-hybridized carbons (Fsp3) is 0. The summed E-state index contributed by atoms with van der Waals surface area (Å²) in [4.78, 5) is 22.5. The van der Waals surface area contributed by atoms with Gasteiger partial charge in [-0.15, -0.1) is 0 Å². The van der Waals surface area contributed by atoms with E-state index >= 15 is 0 Å². The molecule has 2 rings (SSSR count). The lowest BCUT2D eigenvalue weighted by atomic mass is 10.2. The Morgan fingerprint density at radius 2 is 1.88 bits per heavy atom. The van der Waals surface area contributed by atoms with E-state index in [0.717, 1.165) is 4.47 Å². The SMILES string of the molecule is N#C/C(=C/Nc1ccc(Br)cc1)C(=O)Nc1ccccc1[N+](=O)[O-]. The van der Waals surface area contributed by atoms with Gasteiger partial charge in [-0.1, -0.05) is 28.1 Å². The molecule has 0 aliphatic carbocycles. The van der Waals surface area contributed by atoms with Gasteiger partial charge in [0.05, 0.1) is 4.92 Å². The molecule has 0 aliphatic heterocycles. The molecule has 0 fully saturated rings. The number of nitrogens with zero attached hydrogens (tertiary/aromatic N) is 2. The standard InChI is InChI=1S/C16H11BrN4O3/c17-12-5-7-13(8-6-12)19-10-11(9-18)16(22)20-14-3-1-2-4-15(14)21(23)24/h1-8,10,19H,(H,20,22)/b11-10-. The van der Waals surface area contributed by atoms with Gasteiger partial charge >= 0.3 is 0 Å². The van der Waals surface area contributed by atoms with E-state index in [4.69, 9.17) is 5.26 Å². The minimum atomic E-state index is -0.739. The molecular formula is C16H11BrN4O3. The Labute approximate surface area is 145 Å². The summed E-state index contributed by atoms with van der Waals surface area (Å²) in [5, 5.41) is 25.3. The summed E-state index contributed by atoms with van der Waals surface area (Å²) in [5.41, 5.74) is 0.252. The van der Waals surface area contributed by atoms with Crippen LogP contribution >= 0.6 is 15.9 Å². The number of carbonyl (C=O) groups excluding carboxylic acids is 1. The molecule has 24 heavy (non-hydrogen) atoms. The summed E-state index contributed by atoms with van der Waals surface area (Å²) in [6.45, 7) is 0. The van der Waals surface area contributed by atoms with Crippen molar-refractivity contribution in [2.24, 2.45) is 0 Å². The minimum Gasteiger partial charge on any atom is -0.360 e. The Balaban J connectivity index is 2.15. The van der Waals surface area contributed by atoms with Crippen LogP contribution in [-0.4, -0.2) is 10.8 Å². The molecule has 1 amide bonds. The van der Waals surface area contributed by atoms with Gasteiger partial charge in [0.15, 0.2) is 0 Å².